The molecule has 2 nitrogen and oxygen atoms in total. The van der Waals surface area contributed by atoms with Crippen molar-refractivity contribution in [1.82, 2.24) is 4.57 Å². The summed E-state index contributed by atoms with van der Waals surface area (Å²) in [4.78, 5) is 12.7. The van der Waals surface area contributed by atoms with E-state index in [1.165, 1.54) is 5.56 Å². The van der Waals surface area contributed by atoms with Crippen LogP contribution in [0, 0.1) is 12.0 Å². The molecular formula is C22H15NO. The predicted octanol–water partition coefficient (Wildman–Crippen LogP) is 4.21. The van der Waals surface area contributed by atoms with Gasteiger partial charge in [0.05, 0.1) is 11.0 Å². The number of nitrogens with zero attached hydrogens (tertiary/aromatic N) is 1. The van der Waals surface area contributed by atoms with Gasteiger partial charge in [0, 0.05) is 23.2 Å². The molecule has 0 aliphatic rings. The van der Waals surface area contributed by atoms with Crippen molar-refractivity contribution in [1.29, 1.82) is 0 Å². The number of para-hydroxylation sites is 2. The van der Waals surface area contributed by atoms with Crippen LogP contribution in [0.5, 0.6) is 0 Å². The fourth-order valence-corrected chi connectivity index (χ4v) is 2.93. The van der Waals surface area contributed by atoms with Crippen molar-refractivity contribution in [3.05, 3.63) is 94.6 Å². The Balaban J connectivity index is 1.93. The molecule has 0 radical (unpaired) electrons. The molecule has 0 amide bonds. The van der Waals surface area contributed by atoms with Gasteiger partial charge in [0.25, 0.3) is 0 Å². The first-order valence-electron chi connectivity index (χ1n) is 7.90. The fourth-order valence-electron chi connectivity index (χ4n) is 2.93. The number of benzene rings is 3. The van der Waals surface area contributed by atoms with Gasteiger partial charge in [-0.1, -0.05) is 60.5 Å². The predicted molar refractivity (Wildman–Crippen MR) is 99.0 cm³/mol. The Morgan fingerprint density at radius 3 is 1.88 bits per heavy atom. The summed E-state index contributed by atoms with van der Waals surface area (Å²) in [6, 6.07) is 28.7. The number of pyridine rings is 1. The normalized spacial score (nSPS) is 10.5. The minimum atomic E-state index is 0.0577. The van der Waals surface area contributed by atoms with Crippen molar-refractivity contribution >= 4 is 21.8 Å². The van der Waals surface area contributed by atoms with Gasteiger partial charge >= 0.3 is 0 Å². The van der Waals surface area contributed by atoms with Crippen LogP contribution in [0.15, 0.2) is 83.7 Å². The van der Waals surface area contributed by atoms with Crippen LogP contribution < -0.4 is 5.43 Å². The lowest BCUT2D eigenvalue weighted by Gasteiger charge is -2.08. The average molecular weight is 309 g/mol. The molecular weight excluding hydrogens is 294 g/mol. The average Bonchev–Trinajstić information content (AvgIpc) is 2.65. The smallest absolute Gasteiger partial charge is 0.197 e. The van der Waals surface area contributed by atoms with Crippen LogP contribution in [0.3, 0.4) is 0 Å². The Kier molecular flexibility index (Phi) is 3.61. The molecule has 0 atom stereocenters. The van der Waals surface area contributed by atoms with Crippen molar-refractivity contribution in [2.24, 2.45) is 0 Å². The molecule has 0 aliphatic carbocycles. The van der Waals surface area contributed by atoms with Crippen LogP contribution in [-0.4, -0.2) is 4.57 Å². The van der Waals surface area contributed by atoms with Gasteiger partial charge in [0.2, 0.25) is 0 Å². The fraction of sp³-hybridized carbons (Fsp3) is 0.0455. The molecule has 114 valence electrons. The zero-order chi connectivity index (χ0) is 16.4. The highest BCUT2D eigenvalue weighted by Crippen LogP contribution is 2.17. The summed E-state index contributed by atoms with van der Waals surface area (Å²) in [5.41, 5.74) is 2.94. The molecule has 3 aromatic carbocycles. The molecule has 2 heteroatoms. The standard InChI is InChI=1S/C22H15NO/c24-22-18-12-4-6-14-20(18)23(21-15-7-5-13-19(21)22)16-8-11-17-9-2-1-3-10-17/h1-7,9-10,12-15H,11H2. The molecule has 0 N–H and O–H groups in total. The summed E-state index contributed by atoms with van der Waals surface area (Å²) in [5.74, 6) is 3.23. The summed E-state index contributed by atoms with van der Waals surface area (Å²) in [6.07, 6.45) is 0.676. The number of rotatable bonds is 1. The van der Waals surface area contributed by atoms with Gasteiger partial charge in [0.15, 0.2) is 5.43 Å². The van der Waals surface area contributed by atoms with Crippen LogP contribution in [0.4, 0.5) is 0 Å². The van der Waals surface area contributed by atoms with Crippen molar-refractivity contribution in [2.45, 2.75) is 6.42 Å². The quantitative estimate of drug-likeness (QED) is 0.381. The number of fused-ring (bicyclic) bond motifs is 2. The maximum Gasteiger partial charge on any atom is 0.197 e. The first-order valence-corrected chi connectivity index (χ1v) is 7.90. The highest BCUT2D eigenvalue weighted by Gasteiger charge is 2.08. The van der Waals surface area contributed by atoms with Crippen molar-refractivity contribution in [3.63, 3.8) is 0 Å². The first-order chi connectivity index (χ1) is 11.8. The van der Waals surface area contributed by atoms with Gasteiger partial charge < -0.3 is 0 Å². The van der Waals surface area contributed by atoms with Gasteiger partial charge in [-0.15, -0.1) is 0 Å². The molecule has 4 rings (SSSR count). The van der Waals surface area contributed by atoms with Gasteiger partial charge in [-0.25, -0.2) is 0 Å². The number of hydrogen-bond acceptors (Lipinski definition) is 1. The molecule has 0 aliphatic heterocycles. The zero-order valence-corrected chi connectivity index (χ0v) is 13.1. The SMILES string of the molecule is O=c1c2ccccc2n(C#CCc2ccccc2)c2ccccc12. The second-order valence-electron chi connectivity index (χ2n) is 5.65. The van der Waals surface area contributed by atoms with E-state index in [0.29, 0.717) is 17.2 Å². The Bertz CT molecular complexity index is 1080. The lowest BCUT2D eigenvalue weighted by atomic mass is 10.1. The molecule has 4 aromatic rings. The lowest BCUT2D eigenvalue weighted by molar-refractivity contribution is 1.22. The molecule has 0 bridgehead atoms. The molecule has 24 heavy (non-hydrogen) atoms. The van der Waals surface area contributed by atoms with Gasteiger partial charge in [-0.2, -0.15) is 0 Å². The van der Waals surface area contributed by atoms with E-state index in [-0.39, 0.29) is 5.43 Å². The Morgan fingerprint density at radius 2 is 1.25 bits per heavy atom. The van der Waals surface area contributed by atoms with Crippen LogP contribution in [0.25, 0.3) is 21.8 Å². The van der Waals surface area contributed by atoms with Crippen LogP contribution in [-0.2, 0) is 6.42 Å². The second kappa shape index (κ2) is 6.06. The van der Waals surface area contributed by atoms with E-state index in [2.05, 4.69) is 24.1 Å². The summed E-state index contributed by atoms with van der Waals surface area (Å²) in [7, 11) is 0. The Labute approximate surface area is 140 Å². The third-order valence-electron chi connectivity index (χ3n) is 4.11. The Hall–Kier alpha value is -3.31. The molecule has 0 spiro atoms. The van der Waals surface area contributed by atoms with E-state index in [9.17, 15) is 4.79 Å². The van der Waals surface area contributed by atoms with Gasteiger partial charge in [-0.05, 0) is 29.8 Å². The molecule has 0 fully saturated rings. The van der Waals surface area contributed by atoms with Gasteiger partial charge in [0.1, 0.15) is 0 Å². The minimum Gasteiger partial charge on any atom is -0.288 e. The largest absolute Gasteiger partial charge is 0.288 e. The zero-order valence-electron chi connectivity index (χ0n) is 13.1. The van der Waals surface area contributed by atoms with Crippen molar-refractivity contribution < 1.29 is 0 Å². The summed E-state index contributed by atoms with van der Waals surface area (Å²) >= 11 is 0. The molecule has 1 aromatic heterocycles. The summed E-state index contributed by atoms with van der Waals surface area (Å²) in [5, 5.41) is 1.40. The van der Waals surface area contributed by atoms with Crippen LogP contribution in [0.2, 0.25) is 0 Å². The molecule has 1 heterocycles. The minimum absolute atomic E-state index is 0.0577. The van der Waals surface area contributed by atoms with E-state index < -0.39 is 0 Å². The van der Waals surface area contributed by atoms with Crippen molar-refractivity contribution in [2.75, 3.05) is 0 Å². The monoisotopic (exact) mass is 309 g/mol. The lowest BCUT2D eigenvalue weighted by Crippen LogP contribution is -2.08. The summed E-state index contributed by atoms with van der Waals surface area (Å²) < 4.78 is 1.93. The number of hydrogen-bond donors (Lipinski definition) is 0. The summed E-state index contributed by atoms with van der Waals surface area (Å²) in [6.45, 7) is 0. The van der Waals surface area contributed by atoms with Crippen LogP contribution in [0.1, 0.15) is 5.56 Å². The Morgan fingerprint density at radius 1 is 0.708 bits per heavy atom. The molecule has 0 unspecified atom stereocenters. The van der Waals surface area contributed by atoms with Crippen LogP contribution >= 0.6 is 0 Å². The van der Waals surface area contributed by atoms with E-state index in [1.54, 1.807) is 0 Å². The van der Waals surface area contributed by atoms with E-state index >= 15 is 0 Å². The van der Waals surface area contributed by atoms with E-state index in [1.807, 2.05) is 71.3 Å². The maximum atomic E-state index is 12.7. The second-order valence-corrected chi connectivity index (χ2v) is 5.65. The van der Waals surface area contributed by atoms with Gasteiger partial charge in [-0.3, -0.25) is 9.36 Å². The first kappa shape index (κ1) is 14.3. The third kappa shape index (κ3) is 2.47. The van der Waals surface area contributed by atoms with Crippen molar-refractivity contribution in [3.8, 4) is 12.0 Å². The van der Waals surface area contributed by atoms with E-state index in [4.69, 9.17) is 0 Å². The van der Waals surface area contributed by atoms with E-state index in [0.717, 1.165) is 11.0 Å². The third-order valence-corrected chi connectivity index (χ3v) is 4.11. The maximum absolute atomic E-state index is 12.7. The topological polar surface area (TPSA) is 22.0 Å². The highest BCUT2D eigenvalue weighted by molar-refractivity contribution is 5.94. The highest BCUT2D eigenvalue weighted by atomic mass is 16.1. The number of aromatic nitrogens is 1. The molecule has 0 saturated carbocycles. The molecule has 0 saturated heterocycles.